The van der Waals surface area contributed by atoms with Crippen LogP contribution >= 0.6 is 11.3 Å². The summed E-state index contributed by atoms with van der Waals surface area (Å²) in [6.45, 7) is 2.55. The second-order valence-corrected chi connectivity index (χ2v) is 6.02. The number of carbonyl (C=O) groups is 2. The molecular weight excluding hydrogens is 286 g/mol. The zero-order valence-corrected chi connectivity index (χ0v) is 12.4. The van der Waals surface area contributed by atoms with E-state index in [4.69, 9.17) is 0 Å². The SMILES string of the molecule is Cc1ccsc1C(=O)N1CCCc2c(C(=O)O)cccc21. The van der Waals surface area contributed by atoms with Crippen molar-refractivity contribution in [2.75, 3.05) is 11.4 Å². The summed E-state index contributed by atoms with van der Waals surface area (Å²) in [5, 5.41) is 11.2. The maximum Gasteiger partial charge on any atom is 0.336 e. The van der Waals surface area contributed by atoms with Crippen LogP contribution < -0.4 is 4.90 Å². The van der Waals surface area contributed by atoms with Gasteiger partial charge in [0, 0.05) is 12.2 Å². The van der Waals surface area contributed by atoms with Crippen molar-refractivity contribution in [3.63, 3.8) is 0 Å². The number of aryl methyl sites for hydroxylation is 1. The molecule has 1 aromatic carbocycles. The molecule has 2 heterocycles. The third-order valence-corrected chi connectivity index (χ3v) is 4.79. The van der Waals surface area contributed by atoms with E-state index in [9.17, 15) is 14.7 Å². The van der Waals surface area contributed by atoms with Gasteiger partial charge in [-0.25, -0.2) is 4.79 Å². The van der Waals surface area contributed by atoms with E-state index >= 15 is 0 Å². The van der Waals surface area contributed by atoms with Crippen molar-refractivity contribution < 1.29 is 14.7 Å². The lowest BCUT2D eigenvalue weighted by molar-refractivity contribution is 0.0695. The molecule has 1 N–H and O–H groups in total. The lowest BCUT2D eigenvalue weighted by Crippen LogP contribution is -2.36. The first-order valence-corrected chi connectivity index (χ1v) is 7.68. The number of nitrogens with zero attached hydrogens (tertiary/aromatic N) is 1. The summed E-state index contributed by atoms with van der Waals surface area (Å²) in [7, 11) is 0. The molecular formula is C16H15NO3S. The molecule has 1 aromatic heterocycles. The first kappa shape index (κ1) is 13.8. The average molecular weight is 301 g/mol. The molecule has 1 amide bonds. The van der Waals surface area contributed by atoms with Crippen molar-refractivity contribution in [3.05, 3.63) is 51.2 Å². The van der Waals surface area contributed by atoms with E-state index in [0.717, 1.165) is 28.1 Å². The van der Waals surface area contributed by atoms with Crippen molar-refractivity contribution in [1.29, 1.82) is 0 Å². The highest BCUT2D eigenvalue weighted by atomic mass is 32.1. The van der Waals surface area contributed by atoms with E-state index < -0.39 is 5.97 Å². The molecule has 4 nitrogen and oxygen atoms in total. The number of hydrogen-bond acceptors (Lipinski definition) is 3. The fourth-order valence-electron chi connectivity index (χ4n) is 2.75. The fraction of sp³-hybridized carbons (Fsp3) is 0.250. The number of carbonyl (C=O) groups excluding carboxylic acids is 1. The zero-order chi connectivity index (χ0) is 15.0. The molecule has 108 valence electrons. The Morgan fingerprint density at radius 3 is 2.76 bits per heavy atom. The van der Waals surface area contributed by atoms with Gasteiger partial charge in [-0.05, 0) is 54.5 Å². The van der Waals surface area contributed by atoms with Gasteiger partial charge in [0.1, 0.15) is 0 Å². The summed E-state index contributed by atoms with van der Waals surface area (Å²) in [5.74, 6) is -0.973. The lowest BCUT2D eigenvalue weighted by Gasteiger charge is -2.30. The number of thiophene rings is 1. The summed E-state index contributed by atoms with van der Waals surface area (Å²) < 4.78 is 0. The van der Waals surface area contributed by atoms with Crippen LogP contribution in [-0.2, 0) is 6.42 Å². The number of amides is 1. The van der Waals surface area contributed by atoms with E-state index in [1.165, 1.54) is 11.3 Å². The Balaban J connectivity index is 2.05. The summed E-state index contributed by atoms with van der Waals surface area (Å²) in [6, 6.07) is 7.07. The van der Waals surface area contributed by atoms with Gasteiger partial charge in [0.05, 0.1) is 10.4 Å². The van der Waals surface area contributed by atoms with E-state index in [2.05, 4.69) is 0 Å². The third-order valence-electron chi connectivity index (χ3n) is 3.78. The van der Waals surface area contributed by atoms with E-state index in [0.29, 0.717) is 18.5 Å². The molecule has 0 saturated heterocycles. The predicted octanol–water partition coefficient (Wildman–Crippen LogP) is 3.35. The maximum atomic E-state index is 12.7. The van der Waals surface area contributed by atoms with Gasteiger partial charge in [0.15, 0.2) is 0 Å². The number of aromatic carboxylic acids is 1. The van der Waals surface area contributed by atoms with Gasteiger partial charge in [-0.2, -0.15) is 0 Å². The van der Waals surface area contributed by atoms with Crippen LogP contribution in [-0.4, -0.2) is 23.5 Å². The molecule has 0 aliphatic carbocycles. The molecule has 0 atom stereocenters. The smallest absolute Gasteiger partial charge is 0.336 e. The van der Waals surface area contributed by atoms with Gasteiger partial charge >= 0.3 is 5.97 Å². The number of carboxylic acids is 1. The molecule has 0 saturated carbocycles. The minimum atomic E-state index is -0.937. The maximum absolute atomic E-state index is 12.7. The minimum absolute atomic E-state index is 0.0361. The molecule has 3 rings (SSSR count). The van der Waals surface area contributed by atoms with Crippen LogP contribution in [0.15, 0.2) is 29.6 Å². The molecule has 0 spiro atoms. The molecule has 1 aliphatic heterocycles. The highest BCUT2D eigenvalue weighted by Gasteiger charge is 2.27. The Bertz CT molecular complexity index is 720. The van der Waals surface area contributed by atoms with Crippen LogP contribution in [0.5, 0.6) is 0 Å². The summed E-state index contributed by atoms with van der Waals surface area (Å²) >= 11 is 1.43. The Morgan fingerprint density at radius 2 is 2.10 bits per heavy atom. The van der Waals surface area contributed by atoms with Crippen molar-refractivity contribution in [2.24, 2.45) is 0 Å². The van der Waals surface area contributed by atoms with Gasteiger partial charge < -0.3 is 10.0 Å². The Labute approximate surface area is 126 Å². The number of fused-ring (bicyclic) bond motifs is 1. The van der Waals surface area contributed by atoms with Gasteiger partial charge in [-0.15, -0.1) is 11.3 Å². The van der Waals surface area contributed by atoms with Gasteiger partial charge in [-0.3, -0.25) is 4.79 Å². The molecule has 2 aromatic rings. The van der Waals surface area contributed by atoms with Crippen LogP contribution in [0.3, 0.4) is 0 Å². The van der Waals surface area contributed by atoms with Crippen LogP contribution in [0, 0.1) is 6.92 Å². The van der Waals surface area contributed by atoms with Crippen molar-refractivity contribution in [3.8, 4) is 0 Å². The number of rotatable bonds is 2. The first-order valence-electron chi connectivity index (χ1n) is 6.80. The van der Waals surface area contributed by atoms with Gasteiger partial charge in [0.2, 0.25) is 0 Å². The monoisotopic (exact) mass is 301 g/mol. The van der Waals surface area contributed by atoms with Crippen LogP contribution in [0.2, 0.25) is 0 Å². The van der Waals surface area contributed by atoms with E-state index in [-0.39, 0.29) is 5.91 Å². The number of benzene rings is 1. The summed E-state index contributed by atoms with van der Waals surface area (Å²) in [6.07, 6.45) is 1.48. The molecule has 0 radical (unpaired) electrons. The molecule has 5 heteroatoms. The third kappa shape index (κ3) is 2.34. The van der Waals surface area contributed by atoms with Crippen LogP contribution in [0.25, 0.3) is 0 Å². The van der Waals surface area contributed by atoms with Crippen molar-refractivity contribution in [1.82, 2.24) is 0 Å². The fourth-order valence-corrected chi connectivity index (χ4v) is 3.62. The standard InChI is InChI=1S/C16H15NO3S/c1-10-7-9-21-14(10)15(18)17-8-3-5-11-12(16(19)20)4-2-6-13(11)17/h2,4,6-7,9H,3,5,8H2,1H3,(H,19,20). The Morgan fingerprint density at radius 1 is 1.29 bits per heavy atom. The highest BCUT2D eigenvalue weighted by Crippen LogP contribution is 2.32. The minimum Gasteiger partial charge on any atom is -0.478 e. The van der Waals surface area contributed by atoms with E-state index in [1.807, 2.05) is 24.4 Å². The van der Waals surface area contributed by atoms with Gasteiger partial charge in [-0.1, -0.05) is 6.07 Å². The number of carboxylic acid groups (broad SMARTS) is 1. The quantitative estimate of drug-likeness (QED) is 0.925. The van der Waals surface area contributed by atoms with Gasteiger partial charge in [0.25, 0.3) is 5.91 Å². The summed E-state index contributed by atoms with van der Waals surface area (Å²) in [4.78, 5) is 26.5. The van der Waals surface area contributed by atoms with Crippen molar-refractivity contribution >= 4 is 28.9 Å². The molecule has 0 unspecified atom stereocenters. The average Bonchev–Trinajstić information content (AvgIpc) is 2.91. The number of hydrogen-bond donors (Lipinski definition) is 1. The molecule has 0 bridgehead atoms. The topological polar surface area (TPSA) is 57.6 Å². The van der Waals surface area contributed by atoms with Crippen LogP contribution in [0.4, 0.5) is 5.69 Å². The Kier molecular flexibility index (Phi) is 3.51. The van der Waals surface area contributed by atoms with Crippen LogP contribution in [0.1, 0.15) is 37.6 Å². The highest BCUT2D eigenvalue weighted by molar-refractivity contribution is 7.12. The molecule has 1 aliphatic rings. The molecule has 21 heavy (non-hydrogen) atoms. The predicted molar refractivity (Wildman–Crippen MR) is 82.5 cm³/mol. The normalized spacial score (nSPS) is 13.9. The van der Waals surface area contributed by atoms with Crippen molar-refractivity contribution in [2.45, 2.75) is 19.8 Å². The lowest BCUT2D eigenvalue weighted by atomic mass is 9.96. The number of anilines is 1. The second kappa shape index (κ2) is 5.33. The summed E-state index contributed by atoms with van der Waals surface area (Å²) in [5.41, 5.74) is 2.76. The zero-order valence-electron chi connectivity index (χ0n) is 11.6. The second-order valence-electron chi connectivity index (χ2n) is 5.10. The van der Waals surface area contributed by atoms with E-state index in [1.54, 1.807) is 17.0 Å². The largest absolute Gasteiger partial charge is 0.478 e. The Hall–Kier alpha value is -2.14. The molecule has 0 fully saturated rings. The first-order chi connectivity index (χ1) is 10.1.